The Morgan fingerprint density at radius 2 is 1.91 bits per heavy atom. The van der Waals surface area contributed by atoms with Crippen molar-refractivity contribution in [2.75, 3.05) is 0 Å². The van der Waals surface area contributed by atoms with E-state index in [0.717, 1.165) is 6.42 Å². The standard InChI is InChI=1S/C9H19NO/c1-5-7(8(11)6-2)9(3,4)10/h7H,5-6,10H2,1-4H3. The first kappa shape index (κ1) is 10.6. The van der Waals surface area contributed by atoms with Crippen molar-refractivity contribution < 1.29 is 4.79 Å². The summed E-state index contributed by atoms with van der Waals surface area (Å²) in [6.07, 6.45) is 1.44. The molecule has 0 aliphatic carbocycles. The lowest BCUT2D eigenvalue weighted by atomic mass is 9.82. The van der Waals surface area contributed by atoms with Crippen LogP contribution in [-0.4, -0.2) is 11.3 Å². The van der Waals surface area contributed by atoms with Crippen molar-refractivity contribution in [1.82, 2.24) is 0 Å². The Labute approximate surface area is 69.2 Å². The van der Waals surface area contributed by atoms with E-state index in [1.165, 1.54) is 0 Å². The number of Topliss-reactive ketones (excluding diaryl/α,β-unsaturated/α-hetero) is 1. The molecular weight excluding hydrogens is 138 g/mol. The summed E-state index contributed by atoms with van der Waals surface area (Å²) < 4.78 is 0. The molecule has 2 heteroatoms. The van der Waals surface area contributed by atoms with Crippen molar-refractivity contribution in [2.24, 2.45) is 11.7 Å². The van der Waals surface area contributed by atoms with Gasteiger partial charge in [0.25, 0.3) is 0 Å². The lowest BCUT2D eigenvalue weighted by Gasteiger charge is -2.27. The summed E-state index contributed by atoms with van der Waals surface area (Å²) in [7, 11) is 0. The van der Waals surface area contributed by atoms with Gasteiger partial charge in [-0.25, -0.2) is 0 Å². The highest BCUT2D eigenvalue weighted by Crippen LogP contribution is 2.19. The quantitative estimate of drug-likeness (QED) is 0.675. The van der Waals surface area contributed by atoms with Crippen molar-refractivity contribution >= 4 is 5.78 Å². The van der Waals surface area contributed by atoms with Gasteiger partial charge in [-0.3, -0.25) is 4.79 Å². The minimum Gasteiger partial charge on any atom is -0.325 e. The Morgan fingerprint density at radius 1 is 1.45 bits per heavy atom. The Balaban J connectivity index is 4.29. The Kier molecular flexibility index (Phi) is 3.73. The van der Waals surface area contributed by atoms with E-state index in [1.807, 2.05) is 27.7 Å². The molecular formula is C9H19NO. The van der Waals surface area contributed by atoms with Crippen molar-refractivity contribution in [3.8, 4) is 0 Å². The topological polar surface area (TPSA) is 43.1 Å². The van der Waals surface area contributed by atoms with Crippen LogP contribution >= 0.6 is 0 Å². The maximum atomic E-state index is 11.3. The van der Waals surface area contributed by atoms with Crippen LogP contribution in [0, 0.1) is 5.92 Å². The van der Waals surface area contributed by atoms with E-state index in [0.29, 0.717) is 6.42 Å². The summed E-state index contributed by atoms with van der Waals surface area (Å²) in [5, 5.41) is 0. The summed E-state index contributed by atoms with van der Waals surface area (Å²) in [5.74, 6) is 0.299. The third kappa shape index (κ3) is 3.02. The first-order valence-electron chi connectivity index (χ1n) is 4.25. The van der Waals surface area contributed by atoms with E-state index in [9.17, 15) is 4.79 Å². The molecule has 0 spiro atoms. The molecule has 0 saturated heterocycles. The lowest BCUT2D eigenvalue weighted by molar-refractivity contribution is -0.124. The monoisotopic (exact) mass is 157 g/mol. The minimum atomic E-state index is -0.359. The van der Waals surface area contributed by atoms with Crippen LogP contribution in [0.4, 0.5) is 0 Å². The molecule has 11 heavy (non-hydrogen) atoms. The summed E-state index contributed by atoms with van der Waals surface area (Å²) in [5.41, 5.74) is 5.49. The Morgan fingerprint density at radius 3 is 2.00 bits per heavy atom. The summed E-state index contributed by atoms with van der Waals surface area (Å²) in [4.78, 5) is 11.3. The van der Waals surface area contributed by atoms with Crippen molar-refractivity contribution in [1.29, 1.82) is 0 Å². The first-order chi connectivity index (χ1) is 4.93. The van der Waals surface area contributed by atoms with Crippen molar-refractivity contribution in [3.63, 3.8) is 0 Å². The molecule has 1 atom stereocenters. The molecule has 0 aromatic carbocycles. The summed E-state index contributed by atoms with van der Waals surface area (Å²) in [6.45, 7) is 7.72. The van der Waals surface area contributed by atoms with Crippen LogP contribution in [0.3, 0.4) is 0 Å². The molecule has 0 aromatic heterocycles. The van der Waals surface area contributed by atoms with Crippen LogP contribution in [0.25, 0.3) is 0 Å². The number of hydrogen-bond donors (Lipinski definition) is 1. The first-order valence-corrected chi connectivity index (χ1v) is 4.25. The Hall–Kier alpha value is -0.370. The molecule has 0 saturated carbocycles. The van der Waals surface area contributed by atoms with Gasteiger partial charge in [0, 0.05) is 17.9 Å². The second kappa shape index (κ2) is 3.86. The maximum Gasteiger partial charge on any atom is 0.137 e. The lowest BCUT2D eigenvalue weighted by Crippen LogP contribution is -2.44. The number of hydrogen-bond acceptors (Lipinski definition) is 2. The molecule has 2 nitrogen and oxygen atoms in total. The zero-order valence-electron chi connectivity index (χ0n) is 7.98. The fourth-order valence-electron chi connectivity index (χ4n) is 1.42. The number of carbonyl (C=O) groups is 1. The van der Waals surface area contributed by atoms with Crippen LogP contribution in [0.5, 0.6) is 0 Å². The van der Waals surface area contributed by atoms with Gasteiger partial charge in [0.2, 0.25) is 0 Å². The molecule has 66 valence electrons. The maximum absolute atomic E-state index is 11.3. The van der Waals surface area contributed by atoms with Gasteiger partial charge >= 0.3 is 0 Å². The normalized spacial score (nSPS) is 14.6. The average molecular weight is 157 g/mol. The fourth-order valence-corrected chi connectivity index (χ4v) is 1.42. The Bertz CT molecular complexity index is 135. The summed E-state index contributed by atoms with van der Waals surface area (Å²) >= 11 is 0. The van der Waals surface area contributed by atoms with Gasteiger partial charge in [0.15, 0.2) is 0 Å². The van der Waals surface area contributed by atoms with Crippen LogP contribution in [-0.2, 0) is 4.79 Å². The number of carbonyl (C=O) groups excluding carboxylic acids is 1. The smallest absolute Gasteiger partial charge is 0.137 e. The van der Waals surface area contributed by atoms with Gasteiger partial charge < -0.3 is 5.73 Å². The van der Waals surface area contributed by atoms with E-state index in [4.69, 9.17) is 5.73 Å². The number of rotatable bonds is 4. The molecule has 2 N–H and O–H groups in total. The molecule has 0 aromatic rings. The highest BCUT2D eigenvalue weighted by Gasteiger charge is 2.28. The van der Waals surface area contributed by atoms with E-state index < -0.39 is 0 Å². The number of ketones is 1. The highest BCUT2D eigenvalue weighted by atomic mass is 16.1. The predicted molar refractivity (Wildman–Crippen MR) is 47.3 cm³/mol. The molecule has 0 amide bonds. The van der Waals surface area contributed by atoms with Gasteiger partial charge in [-0.1, -0.05) is 13.8 Å². The van der Waals surface area contributed by atoms with Gasteiger partial charge in [-0.05, 0) is 20.3 Å². The zero-order chi connectivity index (χ0) is 9.07. The molecule has 0 rings (SSSR count). The van der Waals surface area contributed by atoms with Gasteiger partial charge in [0.05, 0.1) is 0 Å². The van der Waals surface area contributed by atoms with Crippen LogP contribution < -0.4 is 5.73 Å². The second-order valence-corrected chi connectivity index (χ2v) is 3.60. The predicted octanol–water partition coefficient (Wildman–Crippen LogP) is 1.73. The molecule has 0 heterocycles. The minimum absolute atomic E-state index is 0.0208. The van der Waals surface area contributed by atoms with Crippen molar-refractivity contribution in [2.45, 2.75) is 46.1 Å². The number of nitrogens with two attached hydrogens (primary N) is 1. The molecule has 0 fully saturated rings. The van der Waals surface area contributed by atoms with E-state index in [1.54, 1.807) is 0 Å². The molecule has 0 aliphatic rings. The largest absolute Gasteiger partial charge is 0.325 e. The average Bonchev–Trinajstić information content (AvgIpc) is 1.86. The second-order valence-electron chi connectivity index (χ2n) is 3.60. The van der Waals surface area contributed by atoms with Crippen molar-refractivity contribution in [3.05, 3.63) is 0 Å². The van der Waals surface area contributed by atoms with Crippen LogP contribution in [0.2, 0.25) is 0 Å². The van der Waals surface area contributed by atoms with Gasteiger partial charge in [-0.2, -0.15) is 0 Å². The molecule has 1 unspecified atom stereocenters. The molecule has 0 bridgehead atoms. The van der Waals surface area contributed by atoms with Crippen LogP contribution in [0.15, 0.2) is 0 Å². The van der Waals surface area contributed by atoms with E-state index >= 15 is 0 Å². The third-order valence-corrected chi connectivity index (χ3v) is 2.04. The zero-order valence-corrected chi connectivity index (χ0v) is 7.98. The summed E-state index contributed by atoms with van der Waals surface area (Å²) in [6, 6.07) is 0. The molecule has 0 aliphatic heterocycles. The highest BCUT2D eigenvalue weighted by molar-refractivity contribution is 5.81. The van der Waals surface area contributed by atoms with E-state index in [-0.39, 0.29) is 17.2 Å². The third-order valence-electron chi connectivity index (χ3n) is 2.04. The molecule has 0 radical (unpaired) electrons. The van der Waals surface area contributed by atoms with Gasteiger partial charge in [0.1, 0.15) is 5.78 Å². The SMILES string of the molecule is CCC(=O)C(CC)C(C)(C)N. The fraction of sp³-hybridized carbons (Fsp3) is 0.889. The van der Waals surface area contributed by atoms with Crippen LogP contribution in [0.1, 0.15) is 40.5 Å². The van der Waals surface area contributed by atoms with E-state index in [2.05, 4.69) is 0 Å². The van der Waals surface area contributed by atoms with Gasteiger partial charge in [-0.15, -0.1) is 0 Å².